The predicted octanol–water partition coefficient (Wildman–Crippen LogP) is -0.963. The second kappa shape index (κ2) is 10.5. The van der Waals surface area contributed by atoms with E-state index in [0.717, 1.165) is 18.6 Å². The van der Waals surface area contributed by atoms with E-state index < -0.39 is 0 Å². The van der Waals surface area contributed by atoms with Crippen molar-refractivity contribution in [3.63, 3.8) is 0 Å². The van der Waals surface area contributed by atoms with Gasteiger partial charge in [-0.2, -0.15) is 30.3 Å². The van der Waals surface area contributed by atoms with Crippen LogP contribution in [-0.2, 0) is 11.3 Å². The summed E-state index contributed by atoms with van der Waals surface area (Å²) in [5.41, 5.74) is 1.13. The van der Waals surface area contributed by atoms with Gasteiger partial charge in [0, 0.05) is 13.2 Å². The van der Waals surface area contributed by atoms with Crippen LogP contribution < -0.4 is 17.0 Å². The van der Waals surface area contributed by atoms with Gasteiger partial charge in [-0.05, 0) is 6.42 Å². The van der Waals surface area contributed by atoms with E-state index in [4.69, 9.17) is 4.74 Å². The van der Waals surface area contributed by atoms with Gasteiger partial charge < -0.3 is 21.7 Å². The summed E-state index contributed by atoms with van der Waals surface area (Å²) in [5.74, 6) is 0. The van der Waals surface area contributed by atoms with Crippen LogP contribution in [0.3, 0.4) is 0 Å². The minimum atomic E-state index is 0. The van der Waals surface area contributed by atoms with E-state index in [1.54, 1.807) is 0 Å². The van der Waals surface area contributed by atoms with Gasteiger partial charge in [0.05, 0.1) is 0 Å². The monoisotopic (exact) mass is 252 g/mol. The van der Waals surface area contributed by atoms with Gasteiger partial charge in [-0.15, -0.1) is 5.56 Å². The van der Waals surface area contributed by atoms with E-state index in [1.807, 2.05) is 24.3 Å². The molecule has 0 amide bonds. The minimum absolute atomic E-state index is 0. The van der Waals surface area contributed by atoms with Crippen LogP contribution in [0.5, 0.6) is 0 Å². The Morgan fingerprint density at radius 1 is 1.38 bits per heavy atom. The van der Waals surface area contributed by atoms with E-state index >= 15 is 0 Å². The average Bonchev–Trinajstić information content (AvgIpc) is 2.07. The Morgan fingerprint density at radius 3 is 2.69 bits per heavy atom. The molecule has 0 aliphatic rings. The number of halogens is 1. The molecule has 0 unspecified atom stereocenters. The van der Waals surface area contributed by atoms with E-state index in [9.17, 15) is 0 Å². The summed E-state index contributed by atoms with van der Waals surface area (Å²) < 4.78 is 5.34. The molecule has 1 aromatic carbocycles. The predicted molar refractivity (Wildman–Crippen MR) is 51.0 cm³/mol. The van der Waals surface area contributed by atoms with Crippen LogP contribution in [-0.4, -0.2) is 29.7 Å². The summed E-state index contributed by atoms with van der Waals surface area (Å²) >= 11 is 0. The normalized spacial score (nSPS) is 8.38. The van der Waals surface area contributed by atoms with Crippen molar-refractivity contribution in [3.05, 3.63) is 35.9 Å². The molecule has 0 saturated carbocycles. The zero-order valence-electron chi connectivity index (χ0n) is 7.92. The van der Waals surface area contributed by atoms with Crippen molar-refractivity contribution in [3.8, 4) is 0 Å². The fourth-order valence-corrected chi connectivity index (χ4v) is 0.847. The zero-order valence-corrected chi connectivity index (χ0v) is 10.9. The average molecular weight is 253 g/mol. The van der Waals surface area contributed by atoms with Crippen molar-refractivity contribution in [1.82, 2.24) is 0 Å². The second-order valence-corrected chi connectivity index (χ2v) is 2.44. The Labute approximate surface area is 107 Å². The number of benzene rings is 1. The molecule has 0 heterocycles. The molecule has 13 heavy (non-hydrogen) atoms. The number of hydrogen-bond acceptors (Lipinski definition) is 1. The molecule has 0 saturated heterocycles. The van der Waals surface area contributed by atoms with Crippen molar-refractivity contribution in [1.29, 1.82) is 0 Å². The summed E-state index contributed by atoms with van der Waals surface area (Å²) in [7, 11) is 0. The largest absolute Gasteiger partial charge is 2.00 e. The Bertz CT molecular complexity index is 191. The first kappa shape index (κ1) is 15.9. The van der Waals surface area contributed by atoms with Crippen molar-refractivity contribution < 1.29 is 21.7 Å². The fourth-order valence-electron chi connectivity index (χ4n) is 0.847. The summed E-state index contributed by atoms with van der Waals surface area (Å²) in [6, 6.07) is 11.0. The summed E-state index contributed by atoms with van der Waals surface area (Å²) in [4.78, 5) is 0. The second-order valence-electron chi connectivity index (χ2n) is 2.44. The molecule has 0 N–H and O–H groups in total. The first-order valence-corrected chi connectivity index (χ1v) is 3.97. The van der Waals surface area contributed by atoms with Gasteiger partial charge in [0.15, 0.2) is 0 Å². The smallest absolute Gasteiger partial charge is 1.00 e. The molecule has 0 fully saturated rings. The summed E-state index contributed by atoms with van der Waals surface area (Å²) in [6.07, 6.45) is 1.08. The molecule has 1 aromatic rings. The van der Waals surface area contributed by atoms with Crippen LogP contribution in [0.2, 0.25) is 0 Å². The number of hydrogen-bond donors (Lipinski definition) is 0. The van der Waals surface area contributed by atoms with Gasteiger partial charge in [-0.25, -0.2) is 0 Å². The third-order valence-electron chi connectivity index (χ3n) is 1.38. The first-order valence-electron chi connectivity index (χ1n) is 3.97. The van der Waals surface area contributed by atoms with Gasteiger partial charge >= 0.3 is 23.1 Å². The van der Waals surface area contributed by atoms with Crippen molar-refractivity contribution in [2.75, 3.05) is 6.61 Å². The van der Waals surface area contributed by atoms with Crippen LogP contribution in [0.15, 0.2) is 24.3 Å². The van der Waals surface area contributed by atoms with Crippen LogP contribution in [0.4, 0.5) is 0 Å². The summed E-state index contributed by atoms with van der Waals surface area (Å²) in [6.45, 7) is 3.63. The molecule has 0 atom stereocenters. The number of rotatable bonds is 4. The molecule has 0 aromatic heterocycles. The Hall–Kier alpha value is 0.426. The van der Waals surface area contributed by atoms with Gasteiger partial charge in [0.2, 0.25) is 0 Å². The third-order valence-corrected chi connectivity index (χ3v) is 1.38. The molecule has 0 aliphatic heterocycles. The van der Waals surface area contributed by atoms with E-state index in [1.165, 1.54) is 0 Å². The fraction of sp³-hybridized carbons (Fsp3) is 0.400. The van der Waals surface area contributed by atoms with E-state index in [0.29, 0.717) is 6.61 Å². The first-order chi connectivity index (χ1) is 5.43. The molecule has 1 nitrogen and oxygen atoms in total. The zero-order chi connectivity index (χ0) is 7.94. The Kier molecular flexibility index (Phi) is 12.8. The van der Waals surface area contributed by atoms with E-state index in [2.05, 4.69) is 13.0 Å². The Balaban J connectivity index is 0. The molecule has 68 valence electrons. The molecule has 0 aliphatic carbocycles. The molecule has 1 rings (SSSR count). The van der Waals surface area contributed by atoms with Gasteiger partial charge in [-0.1, -0.05) is 6.92 Å². The van der Waals surface area contributed by atoms with Gasteiger partial charge in [0.1, 0.15) is 0 Å². The van der Waals surface area contributed by atoms with Crippen LogP contribution in [0.1, 0.15) is 18.9 Å². The van der Waals surface area contributed by atoms with Crippen LogP contribution in [0.25, 0.3) is 0 Å². The minimum Gasteiger partial charge on any atom is -1.00 e. The summed E-state index contributed by atoms with van der Waals surface area (Å²) in [5, 5.41) is 0. The standard InChI is InChI=1S/C10H13O.BrH.Mg/c1-2-8-11-9-10-6-4-3-5-7-10;;/h3-6H,2,8-9H2,1H3;1H;/q-1;;+2/p-1. The number of ether oxygens (including phenoxy) is 1. The van der Waals surface area contributed by atoms with Crippen molar-refractivity contribution in [2.24, 2.45) is 0 Å². The van der Waals surface area contributed by atoms with Crippen molar-refractivity contribution in [2.45, 2.75) is 20.0 Å². The third kappa shape index (κ3) is 7.49. The molecular formula is C10H13BrMgO. The molecule has 0 bridgehead atoms. The molecular weight excluding hydrogens is 240 g/mol. The maximum Gasteiger partial charge on any atom is 2.00 e. The van der Waals surface area contributed by atoms with E-state index in [-0.39, 0.29) is 40.0 Å². The topological polar surface area (TPSA) is 9.23 Å². The van der Waals surface area contributed by atoms with Gasteiger partial charge in [0.25, 0.3) is 0 Å². The molecule has 3 heteroatoms. The van der Waals surface area contributed by atoms with Crippen LogP contribution >= 0.6 is 0 Å². The quantitative estimate of drug-likeness (QED) is 0.381. The molecule has 0 spiro atoms. The van der Waals surface area contributed by atoms with Crippen LogP contribution in [0, 0.1) is 6.07 Å². The van der Waals surface area contributed by atoms with Gasteiger partial charge in [-0.3, -0.25) is 0 Å². The molecule has 0 radical (unpaired) electrons. The maximum absolute atomic E-state index is 5.34. The van der Waals surface area contributed by atoms with Crippen molar-refractivity contribution >= 4 is 23.1 Å². The SMILES string of the molecule is CCCOCc1[c-]cccc1.[Br-].[Mg+2]. The Morgan fingerprint density at radius 2 is 2.15 bits per heavy atom. The maximum atomic E-state index is 5.34.